The zero-order valence-corrected chi connectivity index (χ0v) is 12.6. The Labute approximate surface area is 120 Å². The highest BCUT2D eigenvalue weighted by Gasteiger charge is 2.26. The molecule has 0 fully saturated rings. The molecule has 6 heteroatoms. The van der Waals surface area contributed by atoms with Crippen molar-refractivity contribution in [3.8, 4) is 0 Å². The van der Waals surface area contributed by atoms with Gasteiger partial charge in [-0.1, -0.05) is 26.3 Å². The molecule has 0 aromatic rings. The van der Waals surface area contributed by atoms with Gasteiger partial charge in [0.15, 0.2) is 0 Å². The van der Waals surface area contributed by atoms with Crippen LogP contribution in [0.1, 0.15) is 40.0 Å². The van der Waals surface area contributed by atoms with Crippen molar-refractivity contribution in [2.45, 2.75) is 40.0 Å². The molecule has 5 N–H and O–H groups in total. The zero-order chi connectivity index (χ0) is 16.2. The van der Waals surface area contributed by atoms with Crippen LogP contribution in [0.5, 0.6) is 0 Å². The standard InChI is InChI=1S/C9H16O2.C5H12O4/c1-4-7(5-2)8(6-3)9(10)11;6-1-5(2-7,3-8)4-9/h4-6H2,1-3H3,(H,10,11);6-9H,1-4H2. The summed E-state index contributed by atoms with van der Waals surface area (Å²) in [5.74, 6) is -0.758. The van der Waals surface area contributed by atoms with E-state index in [1.54, 1.807) is 0 Å². The van der Waals surface area contributed by atoms with Gasteiger partial charge in [-0.15, -0.1) is 0 Å². The van der Waals surface area contributed by atoms with Crippen molar-refractivity contribution in [2.75, 3.05) is 26.4 Å². The summed E-state index contributed by atoms with van der Waals surface area (Å²) in [6.45, 7) is 4.25. The van der Waals surface area contributed by atoms with Gasteiger partial charge in [0.25, 0.3) is 0 Å². The molecular weight excluding hydrogens is 264 g/mol. The van der Waals surface area contributed by atoms with Crippen LogP contribution in [-0.4, -0.2) is 57.9 Å². The van der Waals surface area contributed by atoms with E-state index in [9.17, 15) is 4.79 Å². The SMILES string of the molecule is CCC(CC)=C(CC)C(=O)O.OCC(CO)(CO)CO. The first-order valence-electron chi connectivity index (χ1n) is 6.79. The summed E-state index contributed by atoms with van der Waals surface area (Å²) < 4.78 is 0. The van der Waals surface area contributed by atoms with Gasteiger partial charge < -0.3 is 25.5 Å². The number of carboxylic acid groups (broad SMARTS) is 1. The Balaban J connectivity index is 0. The van der Waals surface area contributed by atoms with E-state index in [1.807, 2.05) is 20.8 Å². The van der Waals surface area contributed by atoms with E-state index in [1.165, 1.54) is 0 Å². The molecule has 0 unspecified atom stereocenters. The Morgan fingerprint density at radius 1 is 0.800 bits per heavy atom. The first-order valence-corrected chi connectivity index (χ1v) is 6.79. The molecular formula is C14H28O6. The normalized spacial score (nSPS) is 10.6. The largest absolute Gasteiger partial charge is 0.478 e. The number of hydrogen-bond acceptors (Lipinski definition) is 5. The lowest BCUT2D eigenvalue weighted by atomic mass is 9.93. The molecule has 120 valence electrons. The van der Waals surface area contributed by atoms with Gasteiger partial charge in [0.2, 0.25) is 0 Å². The van der Waals surface area contributed by atoms with Crippen molar-refractivity contribution >= 4 is 5.97 Å². The molecule has 0 aliphatic heterocycles. The van der Waals surface area contributed by atoms with Gasteiger partial charge in [0, 0.05) is 5.57 Å². The van der Waals surface area contributed by atoms with Crippen molar-refractivity contribution in [3.05, 3.63) is 11.1 Å². The van der Waals surface area contributed by atoms with E-state index >= 15 is 0 Å². The minimum Gasteiger partial charge on any atom is -0.478 e. The summed E-state index contributed by atoms with van der Waals surface area (Å²) in [7, 11) is 0. The first-order chi connectivity index (χ1) is 9.41. The van der Waals surface area contributed by atoms with Gasteiger partial charge in [-0.25, -0.2) is 4.79 Å². The van der Waals surface area contributed by atoms with E-state index < -0.39 is 37.8 Å². The number of hydrogen-bond donors (Lipinski definition) is 5. The molecule has 0 aromatic carbocycles. The minimum absolute atomic E-state index is 0.406. The number of allylic oxidation sites excluding steroid dienone is 1. The lowest BCUT2D eigenvalue weighted by Crippen LogP contribution is -2.37. The summed E-state index contributed by atoms with van der Waals surface area (Å²) in [6, 6.07) is 0. The topological polar surface area (TPSA) is 118 Å². The second kappa shape index (κ2) is 11.8. The summed E-state index contributed by atoms with van der Waals surface area (Å²) in [4.78, 5) is 10.6. The number of rotatable bonds is 8. The molecule has 0 saturated carbocycles. The second-order valence-electron chi connectivity index (χ2n) is 4.58. The van der Waals surface area contributed by atoms with Crippen LogP contribution in [-0.2, 0) is 4.79 Å². The van der Waals surface area contributed by atoms with Crippen molar-refractivity contribution in [1.82, 2.24) is 0 Å². The molecule has 0 amide bonds. The van der Waals surface area contributed by atoms with Gasteiger partial charge in [-0.05, 0) is 19.3 Å². The van der Waals surface area contributed by atoms with Crippen LogP contribution in [0, 0.1) is 5.41 Å². The maximum absolute atomic E-state index is 10.6. The summed E-state index contributed by atoms with van der Waals surface area (Å²) >= 11 is 0. The molecule has 0 bridgehead atoms. The minimum atomic E-state index is -1.11. The summed E-state index contributed by atoms with van der Waals surface area (Å²) in [5, 5.41) is 42.7. The molecule has 6 nitrogen and oxygen atoms in total. The van der Waals surface area contributed by atoms with Crippen LogP contribution >= 0.6 is 0 Å². The molecule has 0 atom stereocenters. The molecule has 0 radical (unpaired) electrons. The average Bonchev–Trinajstić information content (AvgIpc) is 2.48. The summed E-state index contributed by atoms with van der Waals surface area (Å²) in [5.41, 5.74) is 0.551. The van der Waals surface area contributed by atoms with Crippen LogP contribution < -0.4 is 0 Å². The fraction of sp³-hybridized carbons (Fsp3) is 0.786. The van der Waals surface area contributed by atoms with Gasteiger partial charge in [-0.3, -0.25) is 0 Å². The predicted molar refractivity (Wildman–Crippen MR) is 76.3 cm³/mol. The monoisotopic (exact) mass is 292 g/mol. The third kappa shape index (κ3) is 7.00. The predicted octanol–water partition coefficient (Wildman–Crippen LogP) is 0.540. The molecule has 0 aliphatic rings. The highest BCUT2D eigenvalue weighted by molar-refractivity contribution is 5.87. The third-order valence-electron chi connectivity index (χ3n) is 3.23. The number of aliphatic carboxylic acids is 1. The van der Waals surface area contributed by atoms with Crippen LogP contribution in [0.2, 0.25) is 0 Å². The van der Waals surface area contributed by atoms with Crippen LogP contribution in [0.25, 0.3) is 0 Å². The van der Waals surface area contributed by atoms with Gasteiger partial charge in [0.1, 0.15) is 0 Å². The van der Waals surface area contributed by atoms with Crippen molar-refractivity contribution in [1.29, 1.82) is 0 Å². The summed E-state index contributed by atoms with van der Waals surface area (Å²) in [6.07, 6.45) is 2.34. The molecule has 0 heterocycles. The van der Waals surface area contributed by atoms with E-state index in [2.05, 4.69) is 0 Å². The number of carbonyl (C=O) groups is 1. The second-order valence-corrected chi connectivity index (χ2v) is 4.58. The van der Waals surface area contributed by atoms with E-state index in [0.29, 0.717) is 12.0 Å². The third-order valence-corrected chi connectivity index (χ3v) is 3.23. The van der Waals surface area contributed by atoms with Gasteiger partial charge >= 0.3 is 5.97 Å². The Kier molecular flexibility index (Phi) is 12.6. The van der Waals surface area contributed by atoms with Crippen LogP contribution in [0.3, 0.4) is 0 Å². The van der Waals surface area contributed by atoms with E-state index in [4.69, 9.17) is 25.5 Å². The van der Waals surface area contributed by atoms with Crippen LogP contribution in [0.15, 0.2) is 11.1 Å². The number of carboxylic acids is 1. The molecule has 0 spiro atoms. The first kappa shape index (κ1) is 21.4. The Morgan fingerprint density at radius 3 is 1.20 bits per heavy atom. The number of aliphatic hydroxyl groups is 4. The number of aliphatic hydroxyl groups excluding tert-OH is 4. The Morgan fingerprint density at radius 2 is 1.15 bits per heavy atom. The van der Waals surface area contributed by atoms with Crippen molar-refractivity contribution in [2.24, 2.45) is 5.41 Å². The fourth-order valence-corrected chi connectivity index (χ4v) is 1.53. The maximum atomic E-state index is 10.6. The molecule has 0 saturated heterocycles. The molecule has 0 rings (SSSR count). The van der Waals surface area contributed by atoms with Crippen molar-refractivity contribution < 1.29 is 30.3 Å². The zero-order valence-electron chi connectivity index (χ0n) is 12.6. The highest BCUT2D eigenvalue weighted by Crippen LogP contribution is 2.15. The van der Waals surface area contributed by atoms with Gasteiger partial charge in [0.05, 0.1) is 31.8 Å². The molecule has 0 aliphatic carbocycles. The van der Waals surface area contributed by atoms with E-state index in [-0.39, 0.29) is 0 Å². The molecule has 0 aromatic heterocycles. The molecule has 20 heavy (non-hydrogen) atoms. The van der Waals surface area contributed by atoms with Crippen molar-refractivity contribution in [3.63, 3.8) is 0 Å². The van der Waals surface area contributed by atoms with Gasteiger partial charge in [-0.2, -0.15) is 0 Å². The smallest absolute Gasteiger partial charge is 0.331 e. The lowest BCUT2D eigenvalue weighted by Gasteiger charge is -2.23. The lowest BCUT2D eigenvalue weighted by molar-refractivity contribution is -0.132. The highest BCUT2D eigenvalue weighted by atomic mass is 16.4. The fourth-order valence-electron chi connectivity index (χ4n) is 1.53. The van der Waals surface area contributed by atoms with E-state index in [0.717, 1.165) is 18.4 Å². The quantitative estimate of drug-likeness (QED) is 0.417. The van der Waals surface area contributed by atoms with Crippen LogP contribution in [0.4, 0.5) is 0 Å². The maximum Gasteiger partial charge on any atom is 0.331 e. The Bertz CT molecular complexity index is 271. The Hall–Kier alpha value is -0.950. The average molecular weight is 292 g/mol.